The van der Waals surface area contributed by atoms with Gasteiger partial charge in [-0.1, -0.05) is 32.4 Å². The molecule has 0 saturated heterocycles. The number of esters is 1. The van der Waals surface area contributed by atoms with Gasteiger partial charge in [-0.2, -0.15) is 0 Å². The molecule has 8 nitrogen and oxygen atoms in total. The molecule has 0 aromatic heterocycles. The molecule has 1 aromatic rings. The Kier molecular flexibility index (Phi) is 4.82. The molecule has 3 aliphatic rings. The van der Waals surface area contributed by atoms with Gasteiger partial charge in [0.05, 0.1) is 16.7 Å². The molecule has 0 bridgehead atoms. The number of hydrogen-bond donors (Lipinski definition) is 5. The first-order valence-electron chi connectivity index (χ1n) is 10.4. The summed E-state index contributed by atoms with van der Waals surface area (Å²) in [6, 6.07) is 0.917. The number of aldehydes is 1. The zero-order chi connectivity index (χ0) is 24.0. The largest absolute Gasteiger partial charge is 0.507 e. The molecule has 5 N–H and O–H groups in total. The number of benzene rings is 1. The average Bonchev–Trinajstić information content (AvgIpc) is 2.87. The van der Waals surface area contributed by atoms with Crippen LogP contribution in [0.4, 0.5) is 0 Å². The number of halogens is 1. The Labute approximate surface area is 190 Å². The van der Waals surface area contributed by atoms with Gasteiger partial charge in [0.1, 0.15) is 35.1 Å². The lowest BCUT2D eigenvalue weighted by Crippen LogP contribution is -2.76. The Morgan fingerprint density at radius 3 is 2.44 bits per heavy atom. The zero-order valence-electron chi connectivity index (χ0n) is 18.2. The Morgan fingerprint density at radius 1 is 1.22 bits per heavy atom. The van der Waals surface area contributed by atoms with Crippen molar-refractivity contribution in [1.82, 2.24) is 0 Å². The maximum absolute atomic E-state index is 12.9. The molecule has 32 heavy (non-hydrogen) atoms. The predicted molar refractivity (Wildman–Crippen MR) is 113 cm³/mol. The van der Waals surface area contributed by atoms with Crippen molar-refractivity contribution in [1.29, 1.82) is 0 Å². The summed E-state index contributed by atoms with van der Waals surface area (Å²) in [5, 5.41) is 53.7. The summed E-state index contributed by atoms with van der Waals surface area (Å²) in [4.78, 5) is 24.8. The molecule has 3 aliphatic carbocycles. The summed E-state index contributed by atoms with van der Waals surface area (Å²) in [7, 11) is 0. The molecular formula is C23H27ClO8. The van der Waals surface area contributed by atoms with Crippen LogP contribution in [0.3, 0.4) is 0 Å². The van der Waals surface area contributed by atoms with Gasteiger partial charge >= 0.3 is 5.97 Å². The van der Waals surface area contributed by atoms with E-state index < -0.39 is 57.6 Å². The van der Waals surface area contributed by atoms with E-state index in [1.807, 2.05) is 0 Å². The van der Waals surface area contributed by atoms with Gasteiger partial charge in [-0.3, -0.25) is 4.79 Å². The first kappa shape index (κ1) is 23.0. The van der Waals surface area contributed by atoms with E-state index in [1.165, 1.54) is 13.0 Å². The molecule has 1 aromatic carbocycles. The molecule has 174 valence electrons. The van der Waals surface area contributed by atoms with Gasteiger partial charge in [0.25, 0.3) is 0 Å². The monoisotopic (exact) mass is 466 g/mol. The highest BCUT2D eigenvalue weighted by atomic mass is 35.5. The number of phenols is 2. The van der Waals surface area contributed by atoms with Crippen LogP contribution in [0.2, 0.25) is 5.02 Å². The first-order valence-corrected chi connectivity index (χ1v) is 10.7. The molecule has 0 heterocycles. The molecular weight excluding hydrogens is 440 g/mol. The van der Waals surface area contributed by atoms with Crippen LogP contribution in [0, 0.1) is 23.7 Å². The third-order valence-electron chi connectivity index (χ3n) is 7.91. The maximum Gasteiger partial charge on any atom is 0.342 e. The number of fused-ring (bicyclic) bond motifs is 3. The minimum Gasteiger partial charge on any atom is -0.507 e. The fraction of sp³-hybridized carbons (Fsp3) is 0.565. The predicted octanol–water partition coefficient (Wildman–Crippen LogP) is 2.00. The van der Waals surface area contributed by atoms with Crippen molar-refractivity contribution in [3.8, 4) is 11.5 Å². The SMILES string of the molecule is Cc1c(Cl)c(O)cc(O)c1C(=O)O[C@@H]1C[C@]2(C)C3C(O)C(C)(C)C[C@@]3(O)C=C(C=O)[C@]12O. The molecule has 2 saturated carbocycles. The highest BCUT2D eigenvalue weighted by Crippen LogP contribution is 2.69. The highest BCUT2D eigenvalue weighted by molar-refractivity contribution is 6.33. The molecule has 2 fully saturated rings. The van der Waals surface area contributed by atoms with Crippen molar-refractivity contribution >= 4 is 23.9 Å². The summed E-state index contributed by atoms with van der Waals surface area (Å²) in [5.74, 6) is -2.71. The van der Waals surface area contributed by atoms with Crippen LogP contribution in [0.15, 0.2) is 17.7 Å². The normalized spacial score (nSPS) is 39.4. The fourth-order valence-electron chi connectivity index (χ4n) is 6.35. The lowest BCUT2D eigenvalue weighted by Gasteiger charge is -2.66. The summed E-state index contributed by atoms with van der Waals surface area (Å²) >= 11 is 5.98. The molecule has 9 heteroatoms. The van der Waals surface area contributed by atoms with Gasteiger partial charge in [-0.25, -0.2) is 4.79 Å². The minimum absolute atomic E-state index is 0.0756. The quantitative estimate of drug-likeness (QED) is 0.336. The molecule has 4 rings (SSSR count). The lowest BCUT2D eigenvalue weighted by atomic mass is 9.43. The van der Waals surface area contributed by atoms with Crippen molar-refractivity contribution in [2.24, 2.45) is 16.7 Å². The Bertz CT molecular complexity index is 1060. The second kappa shape index (κ2) is 6.70. The number of carbonyl (C=O) groups is 2. The van der Waals surface area contributed by atoms with Crippen molar-refractivity contribution in [3.63, 3.8) is 0 Å². The number of rotatable bonds is 3. The summed E-state index contributed by atoms with van der Waals surface area (Å²) in [6.07, 6.45) is -0.130. The maximum atomic E-state index is 12.9. The standard InChI is InChI=1S/C23H27ClO8/c1-10-15(12(26)5-13(27)16(10)24)19(29)32-14-7-21(4)17-18(28)20(2,3)9-22(17,30)6-11(8-25)23(14,21)31/h5-6,8,14,17-18,26-28,30-31H,7,9H2,1-4H3/t14-,17?,18?,21-,22+,23+/m1/s1. The summed E-state index contributed by atoms with van der Waals surface area (Å²) in [5.41, 5.74) is -5.52. The molecule has 2 unspecified atom stereocenters. The van der Waals surface area contributed by atoms with Gasteiger partial charge in [0.15, 0.2) is 0 Å². The third-order valence-corrected chi connectivity index (χ3v) is 8.39. The summed E-state index contributed by atoms with van der Waals surface area (Å²) in [6.45, 7) is 6.70. The number of hydrogen-bond acceptors (Lipinski definition) is 8. The molecule has 0 amide bonds. The third kappa shape index (κ3) is 2.67. The zero-order valence-corrected chi connectivity index (χ0v) is 19.0. The number of aromatic hydroxyl groups is 2. The first-order chi connectivity index (χ1) is 14.6. The molecule has 6 atom stereocenters. The van der Waals surface area contributed by atoms with E-state index in [4.69, 9.17) is 16.3 Å². The van der Waals surface area contributed by atoms with E-state index in [0.717, 1.165) is 6.07 Å². The van der Waals surface area contributed by atoms with Crippen molar-refractivity contribution in [3.05, 3.63) is 33.9 Å². The number of aliphatic hydroxyl groups excluding tert-OH is 1. The molecule has 0 radical (unpaired) electrons. The van der Waals surface area contributed by atoms with E-state index in [2.05, 4.69) is 0 Å². The topological polar surface area (TPSA) is 145 Å². The van der Waals surface area contributed by atoms with Gasteiger partial charge in [-0.05, 0) is 36.8 Å². The number of phenolic OH excluding ortho intramolecular Hbond substituents is 2. The fourth-order valence-corrected chi connectivity index (χ4v) is 6.50. The van der Waals surface area contributed by atoms with Gasteiger partial charge in [0, 0.05) is 23.0 Å². The van der Waals surface area contributed by atoms with Crippen LogP contribution >= 0.6 is 11.6 Å². The van der Waals surface area contributed by atoms with Gasteiger partial charge in [0.2, 0.25) is 0 Å². The van der Waals surface area contributed by atoms with Crippen molar-refractivity contribution in [2.45, 2.75) is 63.9 Å². The van der Waals surface area contributed by atoms with Gasteiger partial charge in [-0.15, -0.1) is 0 Å². The number of ether oxygens (including phenoxy) is 1. The van der Waals surface area contributed by atoms with Crippen LogP contribution in [-0.2, 0) is 9.53 Å². The van der Waals surface area contributed by atoms with Crippen molar-refractivity contribution < 1.29 is 39.9 Å². The molecule has 0 spiro atoms. The van der Waals surface area contributed by atoms with Gasteiger partial charge < -0.3 is 30.3 Å². The minimum atomic E-state index is -1.94. The van der Waals surface area contributed by atoms with Crippen LogP contribution in [0.1, 0.15) is 49.5 Å². The second-order valence-electron chi connectivity index (χ2n) is 10.3. The van der Waals surface area contributed by atoms with Crippen LogP contribution in [0.5, 0.6) is 11.5 Å². The van der Waals surface area contributed by atoms with Crippen molar-refractivity contribution in [2.75, 3.05) is 0 Å². The van der Waals surface area contributed by atoms with Crippen LogP contribution in [-0.4, -0.2) is 61.2 Å². The van der Waals surface area contributed by atoms with Crippen LogP contribution < -0.4 is 0 Å². The van der Waals surface area contributed by atoms with E-state index >= 15 is 0 Å². The van der Waals surface area contributed by atoms with E-state index in [-0.39, 0.29) is 34.6 Å². The van der Waals surface area contributed by atoms with Crippen LogP contribution in [0.25, 0.3) is 0 Å². The Balaban J connectivity index is 1.72. The molecule has 0 aliphatic heterocycles. The summed E-state index contributed by atoms with van der Waals surface area (Å²) < 4.78 is 5.52. The smallest absolute Gasteiger partial charge is 0.342 e. The Hall–Kier alpha value is -2.13. The average molecular weight is 467 g/mol. The van der Waals surface area contributed by atoms with E-state index in [1.54, 1.807) is 20.8 Å². The van der Waals surface area contributed by atoms with E-state index in [0.29, 0.717) is 6.29 Å². The van der Waals surface area contributed by atoms with E-state index in [9.17, 15) is 35.1 Å². The number of aliphatic hydroxyl groups is 3. The second-order valence-corrected chi connectivity index (χ2v) is 10.7. The Morgan fingerprint density at radius 2 is 1.84 bits per heavy atom. The lowest BCUT2D eigenvalue weighted by molar-refractivity contribution is -0.272. The number of carbonyl (C=O) groups excluding carboxylic acids is 2. The highest BCUT2D eigenvalue weighted by Gasteiger charge is 2.77.